The van der Waals surface area contributed by atoms with E-state index in [-0.39, 0.29) is 13.0 Å². The van der Waals surface area contributed by atoms with Crippen LogP contribution < -0.4 is 0 Å². The van der Waals surface area contributed by atoms with Crippen molar-refractivity contribution in [1.82, 2.24) is 0 Å². The van der Waals surface area contributed by atoms with Gasteiger partial charge in [0.05, 0.1) is 0 Å². The number of carboxylic acids is 1. The zero-order valence-electron chi connectivity index (χ0n) is 8.22. The van der Waals surface area contributed by atoms with Gasteiger partial charge in [0, 0.05) is 12.8 Å². The number of aliphatic carboxylic acids is 1. The van der Waals surface area contributed by atoms with Gasteiger partial charge in [-0.1, -0.05) is 3.95 Å². The van der Waals surface area contributed by atoms with Crippen molar-refractivity contribution in [2.24, 2.45) is 0 Å². The summed E-state index contributed by atoms with van der Waals surface area (Å²) >= 11 is 0. The van der Waals surface area contributed by atoms with E-state index in [0.717, 1.165) is 10.4 Å². The van der Waals surface area contributed by atoms with Gasteiger partial charge in [0.2, 0.25) is 0 Å². The number of hydrogen-bond donors (Lipinski definition) is 2. The van der Waals surface area contributed by atoms with E-state index in [9.17, 15) is 13.2 Å². The molecule has 1 rings (SSSR count). The fourth-order valence-electron chi connectivity index (χ4n) is 1.84. The van der Waals surface area contributed by atoms with E-state index in [1.165, 1.54) is 0 Å². The van der Waals surface area contributed by atoms with Crippen molar-refractivity contribution in [2.45, 2.75) is 31.2 Å². The Morgan fingerprint density at radius 1 is 1.33 bits per heavy atom. The Morgan fingerprint density at radius 3 is 2.47 bits per heavy atom. The van der Waals surface area contributed by atoms with Crippen LogP contribution in [0.4, 0.5) is 0 Å². The van der Waals surface area contributed by atoms with Gasteiger partial charge >= 0.3 is 16.5 Å². The lowest BCUT2D eigenvalue weighted by Gasteiger charge is -2.19. The highest BCUT2D eigenvalue weighted by Crippen LogP contribution is 2.24. The third kappa shape index (κ3) is 2.18. The van der Waals surface area contributed by atoms with E-state index in [2.05, 4.69) is 0 Å². The quantitative estimate of drug-likeness (QED) is 0.627. The molecular formula is C8H14NO5S+. The SMILES string of the molecule is O=C(O)C1(CO)CCCCC[N+]1=S(=O)=O. The number of nitrogens with zero attached hydrogens (tertiary/aromatic N) is 1. The molecule has 1 fully saturated rings. The molecule has 0 aromatic heterocycles. The van der Waals surface area contributed by atoms with Crippen LogP contribution in [0.15, 0.2) is 0 Å². The summed E-state index contributed by atoms with van der Waals surface area (Å²) in [6.45, 7) is -0.528. The lowest BCUT2D eigenvalue weighted by Crippen LogP contribution is -2.52. The lowest BCUT2D eigenvalue weighted by atomic mass is 9.95. The molecule has 0 aromatic carbocycles. The predicted octanol–water partition coefficient (Wildman–Crippen LogP) is -0.549. The summed E-state index contributed by atoms with van der Waals surface area (Å²) in [5.74, 6) is -1.28. The molecular weight excluding hydrogens is 222 g/mol. The normalized spacial score (nSPS) is 27.1. The molecule has 1 heterocycles. The Labute approximate surface area is 88.8 Å². The number of rotatable bonds is 2. The maximum absolute atomic E-state index is 11.1. The molecule has 0 amide bonds. The molecule has 1 aliphatic heterocycles. The van der Waals surface area contributed by atoms with Crippen molar-refractivity contribution < 1.29 is 27.4 Å². The molecule has 0 aliphatic carbocycles. The summed E-state index contributed by atoms with van der Waals surface area (Å²) in [5, 5.41) is 18.2. The lowest BCUT2D eigenvalue weighted by molar-refractivity contribution is -0.575. The summed E-state index contributed by atoms with van der Waals surface area (Å²) in [6.07, 6.45) is 2.18. The molecule has 15 heavy (non-hydrogen) atoms. The summed E-state index contributed by atoms with van der Waals surface area (Å²) in [4.78, 5) is 11.1. The number of carboxylic acid groups (broad SMARTS) is 1. The standard InChI is InChI=1S/C8H13NO5S/c10-6-8(7(11)12)4-2-1-3-5-9(8)15(13)14/h10H,1-6H2/p+1. The zero-order valence-corrected chi connectivity index (χ0v) is 9.03. The first kappa shape index (κ1) is 12.1. The van der Waals surface area contributed by atoms with E-state index >= 15 is 0 Å². The second-order valence-electron chi connectivity index (χ2n) is 3.62. The Kier molecular flexibility index (Phi) is 3.81. The average Bonchev–Trinajstić information content (AvgIpc) is 2.39. The third-order valence-electron chi connectivity index (χ3n) is 2.77. The van der Waals surface area contributed by atoms with Crippen LogP contribution in [-0.2, 0) is 15.3 Å². The van der Waals surface area contributed by atoms with Crippen LogP contribution in [0.25, 0.3) is 0 Å². The van der Waals surface area contributed by atoms with E-state index in [1.807, 2.05) is 0 Å². The molecule has 1 atom stereocenters. The Morgan fingerprint density at radius 2 is 2.00 bits per heavy atom. The van der Waals surface area contributed by atoms with Crippen molar-refractivity contribution in [3.8, 4) is 0 Å². The van der Waals surface area contributed by atoms with E-state index in [0.29, 0.717) is 12.8 Å². The number of aliphatic hydroxyl groups excluding tert-OH is 1. The van der Waals surface area contributed by atoms with Crippen molar-refractivity contribution in [3.05, 3.63) is 0 Å². The van der Waals surface area contributed by atoms with Crippen LogP contribution in [0.2, 0.25) is 0 Å². The minimum absolute atomic E-state index is 0.156. The van der Waals surface area contributed by atoms with Gasteiger partial charge in [-0.3, -0.25) is 0 Å². The highest BCUT2D eigenvalue weighted by Gasteiger charge is 2.51. The molecule has 2 N–H and O–H groups in total. The summed E-state index contributed by atoms with van der Waals surface area (Å²) in [7, 11) is -2.61. The van der Waals surface area contributed by atoms with Crippen LogP contribution in [0.3, 0.4) is 0 Å². The van der Waals surface area contributed by atoms with Gasteiger partial charge in [-0.15, -0.1) is 8.42 Å². The first-order chi connectivity index (χ1) is 7.04. The highest BCUT2D eigenvalue weighted by atomic mass is 32.2. The maximum atomic E-state index is 11.1. The van der Waals surface area contributed by atoms with Crippen LogP contribution in [0.5, 0.6) is 0 Å². The largest absolute Gasteiger partial charge is 0.476 e. The minimum atomic E-state index is -2.61. The molecule has 1 saturated heterocycles. The number of hydrogen-bond acceptors (Lipinski definition) is 4. The van der Waals surface area contributed by atoms with Crippen molar-refractivity contribution in [1.29, 1.82) is 0 Å². The minimum Gasteiger partial charge on any atom is -0.476 e. The molecule has 1 unspecified atom stereocenters. The van der Waals surface area contributed by atoms with Crippen LogP contribution >= 0.6 is 0 Å². The van der Waals surface area contributed by atoms with Gasteiger partial charge in [-0.2, -0.15) is 0 Å². The fraction of sp³-hybridized carbons (Fsp3) is 0.875. The van der Waals surface area contributed by atoms with E-state index in [1.54, 1.807) is 0 Å². The van der Waals surface area contributed by atoms with Gasteiger partial charge in [0.15, 0.2) is 6.54 Å². The van der Waals surface area contributed by atoms with Gasteiger partial charge < -0.3 is 10.2 Å². The fourth-order valence-corrected chi connectivity index (χ4v) is 2.64. The molecule has 7 heteroatoms. The second kappa shape index (κ2) is 4.71. The molecule has 86 valence electrons. The van der Waals surface area contributed by atoms with Crippen molar-refractivity contribution >= 4 is 16.5 Å². The Bertz CT molecular complexity index is 380. The summed E-state index contributed by atoms with van der Waals surface area (Å²) < 4.78 is 22.7. The van der Waals surface area contributed by atoms with Gasteiger partial charge in [-0.25, -0.2) is 4.79 Å². The second-order valence-corrected chi connectivity index (χ2v) is 4.50. The van der Waals surface area contributed by atoms with Gasteiger partial charge in [-0.05, 0) is 12.8 Å². The first-order valence-electron chi connectivity index (χ1n) is 4.76. The van der Waals surface area contributed by atoms with Crippen molar-refractivity contribution in [2.75, 3.05) is 13.2 Å². The van der Waals surface area contributed by atoms with E-state index < -0.39 is 28.6 Å². The van der Waals surface area contributed by atoms with Crippen LogP contribution in [-0.4, -0.2) is 47.2 Å². The zero-order chi connectivity index (χ0) is 11.5. The Balaban J connectivity index is 3.30. The average molecular weight is 236 g/mol. The summed E-state index contributed by atoms with van der Waals surface area (Å²) in [5.41, 5.74) is -1.66. The molecule has 0 spiro atoms. The van der Waals surface area contributed by atoms with Crippen LogP contribution in [0.1, 0.15) is 25.7 Å². The van der Waals surface area contributed by atoms with Crippen molar-refractivity contribution in [3.63, 3.8) is 0 Å². The molecule has 0 radical (unpaired) electrons. The number of carbonyl (C=O) groups is 1. The highest BCUT2D eigenvalue weighted by molar-refractivity contribution is 7.59. The topological polar surface area (TPSA) is 94.7 Å². The van der Waals surface area contributed by atoms with Gasteiger partial charge in [0.25, 0.3) is 5.54 Å². The monoisotopic (exact) mass is 236 g/mol. The van der Waals surface area contributed by atoms with Crippen LogP contribution in [0, 0.1) is 0 Å². The summed E-state index contributed by atoms with van der Waals surface area (Å²) in [6, 6.07) is 0. The van der Waals surface area contributed by atoms with E-state index in [4.69, 9.17) is 10.2 Å². The maximum Gasteiger partial charge on any atom is 0.460 e. The molecule has 6 nitrogen and oxygen atoms in total. The van der Waals surface area contributed by atoms with Gasteiger partial charge in [0.1, 0.15) is 6.61 Å². The molecule has 0 aromatic rings. The molecule has 1 aliphatic rings. The molecule has 0 saturated carbocycles. The Hall–Kier alpha value is -0.950. The molecule has 0 bridgehead atoms. The third-order valence-corrected chi connectivity index (χ3v) is 3.66. The first-order valence-corrected chi connectivity index (χ1v) is 5.79. The predicted molar refractivity (Wildman–Crippen MR) is 50.0 cm³/mol. The number of aliphatic hydroxyl groups is 1. The smallest absolute Gasteiger partial charge is 0.460 e.